The summed E-state index contributed by atoms with van der Waals surface area (Å²) in [7, 11) is 0. The zero-order valence-electron chi connectivity index (χ0n) is 23.4. The van der Waals surface area contributed by atoms with Gasteiger partial charge in [0.1, 0.15) is 35.3 Å². The number of aromatic nitrogens is 3. The number of fused-ring (bicyclic) bond motifs is 1. The van der Waals surface area contributed by atoms with Crippen molar-refractivity contribution in [2.45, 2.75) is 50.3 Å². The first kappa shape index (κ1) is 28.0. The number of aliphatic hydroxyl groups is 1. The molecule has 1 aliphatic heterocycles. The topological polar surface area (TPSA) is 113 Å². The summed E-state index contributed by atoms with van der Waals surface area (Å²) in [6, 6.07) is 33.0. The maximum atomic E-state index is 12.5. The molecule has 4 unspecified atom stereocenters. The van der Waals surface area contributed by atoms with Gasteiger partial charge in [0.15, 0.2) is 5.82 Å². The molecule has 3 N–H and O–H groups in total. The average Bonchev–Trinajstić information content (AvgIpc) is 3.55. The van der Waals surface area contributed by atoms with E-state index < -0.39 is 23.6 Å². The van der Waals surface area contributed by atoms with Crippen molar-refractivity contribution in [1.82, 2.24) is 14.6 Å². The Hall–Kier alpha value is -4.12. The van der Waals surface area contributed by atoms with E-state index in [1.165, 1.54) is 10.8 Å². The number of nitrogens with two attached hydrogens (primary N) is 1. The zero-order valence-corrected chi connectivity index (χ0v) is 23.4. The molecule has 3 aromatic carbocycles. The molecule has 0 radical (unpaired) electrons. The quantitative estimate of drug-likeness (QED) is 0.238. The minimum Gasteiger partial charge on any atom is -0.382 e. The summed E-state index contributed by atoms with van der Waals surface area (Å²) < 4.78 is 27.5. The predicted octanol–water partition coefficient (Wildman–Crippen LogP) is 4.63. The molecule has 0 saturated carbocycles. The Balaban J connectivity index is 1.37. The third-order valence-corrected chi connectivity index (χ3v) is 7.55. The fraction of sp³-hybridized carbons (Fsp3) is 0.273. The number of nitrogen functional groups attached to an aromatic ring is 1. The van der Waals surface area contributed by atoms with Crippen LogP contribution in [-0.4, -0.2) is 44.1 Å². The Labute approximate surface area is 244 Å². The van der Waals surface area contributed by atoms with Gasteiger partial charge in [-0.15, -0.1) is 0 Å². The SMILES string of the molecule is CC1(COCc2ccccc2)OC(O)(c2ccc3c(N)ncnn23)C(OCc2ccccc2)C1OCc1ccccc1. The molecule has 0 aliphatic carbocycles. The largest absolute Gasteiger partial charge is 0.382 e. The molecule has 0 spiro atoms. The van der Waals surface area contributed by atoms with Gasteiger partial charge in [-0.2, -0.15) is 5.10 Å². The molecule has 6 rings (SSSR count). The number of ether oxygens (including phenoxy) is 4. The summed E-state index contributed by atoms with van der Waals surface area (Å²) >= 11 is 0. The lowest BCUT2D eigenvalue weighted by Gasteiger charge is -2.31. The Morgan fingerprint density at radius 2 is 1.33 bits per heavy atom. The van der Waals surface area contributed by atoms with E-state index >= 15 is 0 Å². The van der Waals surface area contributed by atoms with Crippen molar-refractivity contribution in [1.29, 1.82) is 0 Å². The van der Waals surface area contributed by atoms with Gasteiger partial charge in [0.25, 0.3) is 0 Å². The van der Waals surface area contributed by atoms with Crippen molar-refractivity contribution >= 4 is 11.3 Å². The van der Waals surface area contributed by atoms with Gasteiger partial charge in [-0.1, -0.05) is 91.0 Å². The van der Waals surface area contributed by atoms with Crippen molar-refractivity contribution in [3.05, 3.63) is 132 Å². The normalized spacial score (nSPS) is 23.9. The van der Waals surface area contributed by atoms with E-state index in [4.69, 9.17) is 24.7 Å². The van der Waals surface area contributed by atoms with E-state index in [0.717, 1.165) is 16.7 Å². The number of hydrogen-bond donors (Lipinski definition) is 2. The molecule has 9 heteroatoms. The fourth-order valence-electron chi connectivity index (χ4n) is 5.46. The minimum absolute atomic E-state index is 0.134. The van der Waals surface area contributed by atoms with Crippen molar-refractivity contribution in [3.8, 4) is 0 Å². The second kappa shape index (κ2) is 12.0. The van der Waals surface area contributed by atoms with Crippen LogP contribution in [0.25, 0.3) is 5.52 Å². The molecular weight excluding hydrogens is 532 g/mol. The van der Waals surface area contributed by atoms with Gasteiger partial charge in [-0.3, -0.25) is 0 Å². The zero-order chi connectivity index (χ0) is 29.0. The lowest BCUT2D eigenvalue weighted by Crippen LogP contribution is -2.47. The standard InChI is InChI=1S/C33H34N4O5/c1-32(22-39-19-24-11-5-2-6-12-24)29(40-20-25-13-7-3-8-14-25)30(41-21-26-15-9-4-10-16-26)33(38,42-32)28-18-17-27-31(34)35-23-36-37(27)28/h2-18,23,29-30,38H,19-22H2,1H3,(H2,34,35,36). The van der Waals surface area contributed by atoms with Crippen molar-refractivity contribution in [2.75, 3.05) is 12.3 Å². The highest BCUT2D eigenvalue weighted by molar-refractivity contribution is 5.65. The van der Waals surface area contributed by atoms with Crippen LogP contribution in [-0.2, 0) is 44.6 Å². The molecule has 1 fully saturated rings. The second-order valence-electron chi connectivity index (χ2n) is 10.7. The van der Waals surface area contributed by atoms with Crippen LogP contribution in [0.3, 0.4) is 0 Å². The third kappa shape index (κ3) is 5.65. The number of benzene rings is 3. The lowest BCUT2D eigenvalue weighted by molar-refractivity contribution is -0.273. The Morgan fingerprint density at radius 1 is 0.786 bits per heavy atom. The van der Waals surface area contributed by atoms with Crippen LogP contribution in [0.4, 0.5) is 5.82 Å². The van der Waals surface area contributed by atoms with Crippen molar-refractivity contribution < 1.29 is 24.1 Å². The molecule has 3 heterocycles. The van der Waals surface area contributed by atoms with Crippen LogP contribution < -0.4 is 5.73 Å². The van der Waals surface area contributed by atoms with Gasteiger partial charge >= 0.3 is 0 Å². The summed E-state index contributed by atoms with van der Waals surface area (Å²) in [4.78, 5) is 4.09. The van der Waals surface area contributed by atoms with E-state index in [1.807, 2.05) is 97.9 Å². The van der Waals surface area contributed by atoms with Crippen LogP contribution in [0, 0.1) is 0 Å². The summed E-state index contributed by atoms with van der Waals surface area (Å²) in [6.45, 7) is 2.90. The fourth-order valence-corrected chi connectivity index (χ4v) is 5.46. The second-order valence-corrected chi connectivity index (χ2v) is 10.7. The molecule has 42 heavy (non-hydrogen) atoms. The Kier molecular flexibility index (Phi) is 8.01. The van der Waals surface area contributed by atoms with E-state index in [-0.39, 0.29) is 25.6 Å². The van der Waals surface area contributed by atoms with Gasteiger partial charge in [0, 0.05) is 0 Å². The molecule has 1 aliphatic rings. The monoisotopic (exact) mass is 566 g/mol. The number of nitrogens with zero attached hydrogens (tertiary/aromatic N) is 3. The van der Waals surface area contributed by atoms with Crippen LogP contribution in [0.1, 0.15) is 29.3 Å². The van der Waals surface area contributed by atoms with Crippen molar-refractivity contribution in [2.24, 2.45) is 0 Å². The number of rotatable bonds is 11. The first-order valence-electron chi connectivity index (χ1n) is 13.9. The number of hydrogen-bond acceptors (Lipinski definition) is 8. The minimum atomic E-state index is -1.96. The van der Waals surface area contributed by atoms with Gasteiger partial charge in [0.2, 0.25) is 5.79 Å². The Bertz CT molecular complexity index is 1600. The smallest absolute Gasteiger partial charge is 0.240 e. The lowest BCUT2D eigenvalue weighted by atomic mass is 9.94. The molecule has 0 bridgehead atoms. The Morgan fingerprint density at radius 3 is 1.93 bits per heavy atom. The van der Waals surface area contributed by atoms with E-state index in [2.05, 4.69) is 10.1 Å². The van der Waals surface area contributed by atoms with Crippen LogP contribution in [0.5, 0.6) is 0 Å². The summed E-state index contributed by atoms with van der Waals surface area (Å²) in [5.74, 6) is -1.68. The number of anilines is 1. The van der Waals surface area contributed by atoms with Crippen LogP contribution in [0.2, 0.25) is 0 Å². The van der Waals surface area contributed by atoms with Gasteiger partial charge in [0.05, 0.1) is 26.4 Å². The molecule has 1 saturated heterocycles. The maximum Gasteiger partial charge on any atom is 0.240 e. The van der Waals surface area contributed by atoms with Crippen molar-refractivity contribution in [3.63, 3.8) is 0 Å². The molecule has 4 atom stereocenters. The average molecular weight is 567 g/mol. The summed E-state index contributed by atoms with van der Waals surface area (Å²) in [6.07, 6.45) is -0.344. The maximum absolute atomic E-state index is 12.5. The molecular formula is C33H34N4O5. The highest BCUT2D eigenvalue weighted by Crippen LogP contribution is 2.47. The van der Waals surface area contributed by atoms with Crippen LogP contribution >= 0.6 is 0 Å². The van der Waals surface area contributed by atoms with Gasteiger partial charge < -0.3 is 29.8 Å². The first-order chi connectivity index (χ1) is 20.5. The molecule has 0 amide bonds. The summed E-state index contributed by atoms with van der Waals surface area (Å²) in [5.41, 5.74) is 8.86. The molecule has 9 nitrogen and oxygen atoms in total. The molecule has 5 aromatic rings. The first-order valence-corrected chi connectivity index (χ1v) is 13.9. The highest BCUT2D eigenvalue weighted by Gasteiger charge is 2.64. The third-order valence-electron chi connectivity index (χ3n) is 7.55. The summed E-state index contributed by atoms with van der Waals surface area (Å²) in [5, 5.41) is 16.9. The predicted molar refractivity (Wildman–Crippen MR) is 157 cm³/mol. The van der Waals surface area contributed by atoms with Gasteiger partial charge in [-0.25, -0.2) is 9.50 Å². The molecule has 216 valence electrons. The highest BCUT2D eigenvalue weighted by atomic mass is 16.7. The van der Waals surface area contributed by atoms with E-state index in [1.54, 1.807) is 12.1 Å². The van der Waals surface area contributed by atoms with Crippen LogP contribution in [0.15, 0.2) is 109 Å². The van der Waals surface area contributed by atoms with E-state index in [0.29, 0.717) is 17.8 Å². The van der Waals surface area contributed by atoms with E-state index in [9.17, 15) is 5.11 Å². The molecule has 2 aromatic heterocycles. The van der Waals surface area contributed by atoms with Gasteiger partial charge in [-0.05, 0) is 35.7 Å².